The van der Waals surface area contributed by atoms with Crippen LogP contribution in [0.25, 0.3) is 0 Å². The molecule has 0 aliphatic heterocycles. The van der Waals surface area contributed by atoms with Crippen LogP contribution in [-0.2, 0) is 10.1 Å². The first-order chi connectivity index (χ1) is 3.56. The summed E-state index contributed by atoms with van der Waals surface area (Å²) >= 11 is 0. The predicted octanol–water partition coefficient (Wildman–Crippen LogP) is -0.952. The van der Waals surface area contributed by atoms with Crippen LogP contribution in [0.3, 0.4) is 0 Å². The SMILES string of the molecule is O=S(=O)(O)CCC[SiH3]. The van der Waals surface area contributed by atoms with Crippen molar-refractivity contribution in [2.45, 2.75) is 12.5 Å². The van der Waals surface area contributed by atoms with E-state index in [1.54, 1.807) is 0 Å². The van der Waals surface area contributed by atoms with E-state index >= 15 is 0 Å². The Labute approximate surface area is 52.3 Å². The second kappa shape index (κ2) is 3.21. The summed E-state index contributed by atoms with van der Waals surface area (Å²) in [5.41, 5.74) is 0. The van der Waals surface area contributed by atoms with E-state index in [0.29, 0.717) is 6.42 Å². The molecule has 0 bridgehead atoms. The third kappa shape index (κ3) is 6.13. The van der Waals surface area contributed by atoms with Crippen molar-refractivity contribution in [2.75, 3.05) is 5.75 Å². The van der Waals surface area contributed by atoms with Crippen LogP contribution in [0.5, 0.6) is 0 Å². The highest BCUT2D eigenvalue weighted by Gasteiger charge is 2.00. The van der Waals surface area contributed by atoms with Crippen LogP contribution in [0.1, 0.15) is 6.42 Å². The number of rotatable bonds is 3. The molecule has 0 aromatic rings. The van der Waals surface area contributed by atoms with Gasteiger partial charge in [0.05, 0.1) is 5.75 Å². The van der Waals surface area contributed by atoms with E-state index in [0.717, 1.165) is 16.3 Å². The molecule has 0 unspecified atom stereocenters. The van der Waals surface area contributed by atoms with Gasteiger partial charge in [0.15, 0.2) is 0 Å². The molecule has 0 aromatic heterocycles. The van der Waals surface area contributed by atoms with Crippen LogP contribution in [0.2, 0.25) is 6.04 Å². The summed E-state index contributed by atoms with van der Waals surface area (Å²) in [7, 11) is -2.66. The maximum absolute atomic E-state index is 9.96. The summed E-state index contributed by atoms with van der Waals surface area (Å²) < 4.78 is 28.1. The van der Waals surface area contributed by atoms with E-state index in [1.807, 2.05) is 0 Å². The zero-order valence-electron chi connectivity index (χ0n) is 4.79. The second-order valence-electron chi connectivity index (χ2n) is 1.64. The van der Waals surface area contributed by atoms with E-state index in [2.05, 4.69) is 0 Å². The first-order valence-electron chi connectivity index (χ1n) is 2.51. The maximum atomic E-state index is 9.96. The summed E-state index contributed by atoms with van der Waals surface area (Å²) in [5.74, 6) is -0.0729. The zero-order chi connectivity index (χ0) is 6.62. The largest absolute Gasteiger partial charge is 0.286 e. The fourth-order valence-electron chi connectivity index (χ4n) is 0.327. The zero-order valence-corrected chi connectivity index (χ0v) is 7.61. The van der Waals surface area contributed by atoms with Gasteiger partial charge in [-0.25, -0.2) is 0 Å². The minimum absolute atomic E-state index is 0.0729. The van der Waals surface area contributed by atoms with E-state index in [9.17, 15) is 8.42 Å². The Hall–Kier alpha value is 0.127. The Balaban J connectivity index is 3.42. The summed E-state index contributed by atoms with van der Waals surface area (Å²) in [6.45, 7) is 0. The van der Waals surface area contributed by atoms with Gasteiger partial charge >= 0.3 is 0 Å². The number of hydrogen-bond donors (Lipinski definition) is 1. The van der Waals surface area contributed by atoms with Crippen LogP contribution < -0.4 is 0 Å². The van der Waals surface area contributed by atoms with Crippen LogP contribution in [0.15, 0.2) is 0 Å². The minimum atomic E-state index is -3.66. The molecular formula is C3H10O3SSi. The summed E-state index contributed by atoms with van der Waals surface area (Å²) in [6, 6.07) is 0.930. The van der Waals surface area contributed by atoms with Crippen molar-refractivity contribution >= 4 is 20.4 Å². The maximum Gasteiger partial charge on any atom is 0.264 e. The van der Waals surface area contributed by atoms with Gasteiger partial charge in [0, 0.05) is 10.2 Å². The molecule has 0 saturated heterocycles. The van der Waals surface area contributed by atoms with E-state index < -0.39 is 10.1 Å². The minimum Gasteiger partial charge on any atom is -0.286 e. The molecular weight excluding hydrogens is 144 g/mol. The lowest BCUT2D eigenvalue weighted by atomic mass is 10.6. The molecule has 0 heterocycles. The highest BCUT2D eigenvalue weighted by molar-refractivity contribution is 7.85. The second-order valence-corrected chi connectivity index (χ2v) is 4.21. The topological polar surface area (TPSA) is 54.4 Å². The first kappa shape index (κ1) is 8.13. The third-order valence-corrected chi connectivity index (χ3v) is 2.27. The normalized spacial score (nSPS) is 12.1. The molecule has 0 rings (SSSR count). The highest BCUT2D eigenvalue weighted by Crippen LogP contribution is 1.89. The third-order valence-electron chi connectivity index (χ3n) is 0.756. The van der Waals surface area contributed by atoms with Gasteiger partial charge in [-0.05, 0) is 6.42 Å². The van der Waals surface area contributed by atoms with Gasteiger partial charge in [0.2, 0.25) is 0 Å². The summed E-state index contributed by atoms with van der Waals surface area (Å²) in [4.78, 5) is 0. The molecule has 8 heavy (non-hydrogen) atoms. The Kier molecular flexibility index (Phi) is 3.26. The van der Waals surface area contributed by atoms with Crippen molar-refractivity contribution in [1.29, 1.82) is 0 Å². The molecule has 0 radical (unpaired) electrons. The van der Waals surface area contributed by atoms with Gasteiger partial charge < -0.3 is 0 Å². The van der Waals surface area contributed by atoms with Crippen LogP contribution in [-0.4, -0.2) is 29.0 Å². The molecule has 0 fully saturated rings. The van der Waals surface area contributed by atoms with Crippen molar-refractivity contribution in [1.82, 2.24) is 0 Å². The van der Waals surface area contributed by atoms with Gasteiger partial charge in [-0.15, -0.1) is 0 Å². The van der Waals surface area contributed by atoms with Crippen molar-refractivity contribution < 1.29 is 13.0 Å². The molecule has 0 amide bonds. The monoisotopic (exact) mass is 154 g/mol. The molecule has 0 saturated carbocycles. The molecule has 0 aromatic carbocycles. The fraction of sp³-hybridized carbons (Fsp3) is 1.00. The summed E-state index contributed by atoms with van der Waals surface area (Å²) in [5, 5.41) is 0. The van der Waals surface area contributed by atoms with Gasteiger partial charge in [-0.2, -0.15) is 8.42 Å². The van der Waals surface area contributed by atoms with Crippen molar-refractivity contribution in [2.24, 2.45) is 0 Å². The van der Waals surface area contributed by atoms with Gasteiger partial charge in [-0.1, -0.05) is 6.04 Å². The average molecular weight is 154 g/mol. The van der Waals surface area contributed by atoms with Crippen LogP contribution >= 0.6 is 0 Å². The quantitative estimate of drug-likeness (QED) is 0.421. The Bertz CT molecular complexity index is 139. The molecule has 0 spiro atoms. The van der Waals surface area contributed by atoms with E-state index in [1.165, 1.54) is 0 Å². The standard InChI is InChI=1S/C3H10O3SSi/c4-7(5,6)2-1-3-8/h1-3H2,8H3,(H,4,5,6). The highest BCUT2D eigenvalue weighted by atomic mass is 32.2. The Morgan fingerprint density at radius 3 is 2.12 bits per heavy atom. The fourth-order valence-corrected chi connectivity index (χ4v) is 1.85. The molecule has 50 valence electrons. The van der Waals surface area contributed by atoms with Crippen molar-refractivity contribution in [3.05, 3.63) is 0 Å². The first-order valence-corrected chi connectivity index (χ1v) is 5.54. The number of hydrogen-bond acceptors (Lipinski definition) is 2. The van der Waals surface area contributed by atoms with Crippen LogP contribution in [0.4, 0.5) is 0 Å². The lowest BCUT2D eigenvalue weighted by Gasteiger charge is -1.89. The molecule has 0 aliphatic carbocycles. The molecule has 0 aliphatic rings. The molecule has 3 nitrogen and oxygen atoms in total. The molecule has 0 atom stereocenters. The predicted molar refractivity (Wildman–Crippen MR) is 35.8 cm³/mol. The van der Waals surface area contributed by atoms with Gasteiger partial charge in [-0.3, -0.25) is 4.55 Å². The summed E-state index contributed by atoms with van der Waals surface area (Å²) in [6.07, 6.45) is 0.602. The molecule has 1 N–H and O–H groups in total. The molecule has 5 heteroatoms. The van der Waals surface area contributed by atoms with Gasteiger partial charge in [0.25, 0.3) is 10.1 Å². The van der Waals surface area contributed by atoms with Crippen LogP contribution in [0, 0.1) is 0 Å². The van der Waals surface area contributed by atoms with Gasteiger partial charge in [0.1, 0.15) is 0 Å². The average Bonchev–Trinajstić information content (AvgIpc) is 1.59. The van der Waals surface area contributed by atoms with E-state index in [4.69, 9.17) is 4.55 Å². The smallest absolute Gasteiger partial charge is 0.264 e. The van der Waals surface area contributed by atoms with Crippen molar-refractivity contribution in [3.8, 4) is 0 Å². The Morgan fingerprint density at radius 2 is 2.00 bits per heavy atom. The lowest BCUT2D eigenvalue weighted by Crippen LogP contribution is -2.02. The Morgan fingerprint density at radius 1 is 1.50 bits per heavy atom. The lowest BCUT2D eigenvalue weighted by molar-refractivity contribution is 0.482. The van der Waals surface area contributed by atoms with Crippen molar-refractivity contribution in [3.63, 3.8) is 0 Å². The van der Waals surface area contributed by atoms with E-state index in [-0.39, 0.29) is 5.75 Å².